The summed E-state index contributed by atoms with van der Waals surface area (Å²) in [6, 6.07) is 7.39. The molecule has 2 heterocycles. The maximum atomic E-state index is 12.0. The predicted molar refractivity (Wildman–Crippen MR) is 107 cm³/mol. The van der Waals surface area contributed by atoms with Crippen LogP contribution < -0.4 is 10.6 Å². The van der Waals surface area contributed by atoms with Crippen LogP contribution in [0.4, 0.5) is 23.0 Å². The van der Waals surface area contributed by atoms with Crippen LogP contribution in [0.15, 0.2) is 47.3 Å². The second-order valence-corrected chi connectivity index (χ2v) is 6.02. The topological polar surface area (TPSA) is 159 Å². The molecule has 0 aliphatic heterocycles. The Balaban J connectivity index is 1.97. The molecule has 3 aromatic rings. The molecule has 1 aromatic carbocycles. The van der Waals surface area contributed by atoms with E-state index in [0.717, 1.165) is 6.33 Å². The van der Waals surface area contributed by atoms with Gasteiger partial charge in [-0.05, 0) is 30.3 Å². The molecule has 2 N–H and O–H groups in total. The number of nitrogens with zero attached hydrogens (tertiary/aromatic N) is 3. The summed E-state index contributed by atoms with van der Waals surface area (Å²) in [6.45, 7) is 0.161. The van der Waals surface area contributed by atoms with Crippen molar-refractivity contribution in [2.45, 2.75) is 6.54 Å². The van der Waals surface area contributed by atoms with Gasteiger partial charge >= 0.3 is 17.6 Å². The van der Waals surface area contributed by atoms with Crippen molar-refractivity contribution in [1.82, 2.24) is 9.97 Å². The Labute approximate surface area is 175 Å². The molecule has 0 amide bonds. The zero-order valence-corrected chi connectivity index (χ0v) is 16.4. The zero-order chi connectivity index (χ0) is 22.4. The first-order valence-corrected chi connectivity index (χ1v) is 8.77. The van der Waals surface area contributed by atoms with E-state index in [0.29, 0.717) is 5.76 Å². The van der Waals surface area contributed by atoms with Crippen LogP contribution in [0.25, 0.3) is 0 Å². The Bertz CT molecular complexity index is 1080. The molecule has 0 fully saturated rings. The first-order valence-electron chi connectivity index (χ1n) is 8.77. The highest BCUT2D eigenvalue weighted by atomic mass is 16.6. The SMILES string of the molecule is COC(=O)c1cc(Nc2ncnc(NCc3ccco3)c2[N+](=O)[O-])cc(C(=O)OC)c1. The van der Waals surface area contributed by atoms with Crippen molar-refractivity contribution in [3.63, 3.8) is 0 Å². The van der Waals surface area contributed by atoms with E-state index in [1.807, 2.05) is 0 Å². The molecule has 0 aliphatic rings. The highest BCUT2D eigenvalue weighted by molar-refractivity contribution is 5.97. The van der Waals surface area contributed by atoms with Crippen LogP contribution in [-0.4, -0.2) is 41.0 Å². The average Bonchev–Trinajstić information content (AvgIpc) is 3.29. The lowest BCUT2D eigenvalue weighted by molar-refractivity contribution is -0.383. The fraction of sp³-hybridized carbons (Fsp3) is 0.158. The van der Waals surface area contributed by atoms with E-state index in [2.05, 4.69) is 30.1 Å². The number of aromatic nitrogens is 2. The number of carbonyl (C=O) groups is 2. The molecule has 0 atom stereocenters. The van der Waals surface area contributed by atoms with Gasteiger partial charge < -0.3 is 24.5 Å². The number of methoxy groups -OCH3 is 2. The summed E-state index contributed by atoms with van der Waals surface area (Å²) < 4.78 is 14.6. The summed E-state index contributed by atoms with van der Waals surface area (Å²) in [7, 11) is 2.37. The molecule has 12 nitrogen and oxygen atoms in total. The summed E-state index contributed by atoms with van der Waals surface area (Å²) >= 11 is 0. The van der Waals surface area contributed by atoms with Crippen molar-refractivity contribution in [2.75, 3.05) is 24.9 Å². The van der Waals surface area contributed by atoms with Gasteiger partial charge in [0.05, 0.1) is 43.1 Å². The van der Waals surface area contributed by atoms with E-state index < -0.39 is 22.5 Å². The van der Waals surface area contributed by atoms with E-state index >= 15 is 0 Å². The highest BCUT2D eigenvalue weighted by Crippen LogP contribution is 2.32. The van der Waals surface area contributed by atoms with E-state index in [1.54, 1.807) is 12.1 Å². The van der Waals surface area contributed by atoms with Crippen LogP contribution in [0.1, 0.15) is 26.5 Å². The molecule has 3 rings (SSSR count). The number of anilines is 3. The molecular formula is C19H17N5O7. The maximum absolute atomic E-state index is 12.0. The number of hydrogen-bond acceptors (Lipinski definition) is 11. The van der Waals surface area contributed by atoms with Gasteiger partial charge in [0.15, 0.2) is 0 Å². The molecule has 0 aliphatic carbocycles. The fourth-order valence-corrected chi connectivity index (χ4v) is 2.66. The third-order valence-electron chi connectivity index (χ3n) is 4.05. The molecule has 31 heavy (non-hydrogen) atoms. The van der Waals surface area contributed by atoms with Gasteiger partial charge in [-0.15, -0.1) is 0 Å². The van der Waals surface area contributed by atoms with E-state index in [4.69, 9.17) is 4.42 Å². The van der Waals surface area contributed by atoms with Crippen LogP contribution in [0.2, 0.25) is 0 Å². The summed E-state index contributed by atoms with van der Waals surface area (Å²) in [6.07, 6.45) is 2.61. The van der Waals surface area contributed by atoms with Gasteiger partial charge in [0.25, 0.3) is 0 Å². The van der Waals surface area contributed by atoms with Gasteiger partial charge in [-0.1, -0.05) is 0 Å². The number of nitro groups is 1. The Morgan fingerprint density at radius 1 is 1.10 bits per heavy atom. The quantitative estimate of drug-likeness (QED) is 0.309. The first kappa shape index (κ1) is 21.2. The monoisotopic (exact) mass is 427 g/mol. The Morgan fingerprint density at radius 2 is 1.74 bits per heavy atom. The Hall–Kier alpha value is -4.48. The molecule has 0 spiro atoms. The Morgan fingerprint density at radius 3 is 2.29 bits per heavy atom. The largest absolute Gasteiger partial charge is 0.467 e. The van der Waals surface area contributed by atoms with Crippen molar-refractivity contribution in [3.8, 4) is 0 Å². The van der Waals surface area contributed by atoms with Gasteiger partial charge in [-0.3, -0.25) is 10.1 Å². The first-order chi connectivity index (χ1) is 14.9. The van der Waals surface area contributed by atoms with Gasteiger partial charge in [-0.2, -0.15) is 0 Å². The van der Waals surface area contributed by atoms with E-state index in [-0.39, 0.29) is 35.0 Å². The second kappa shape index (κ2) is 9.35. The van der Waals surface area contributed by atoms with Gasteiger partial charge in [0.1, 0.15) is 12.1 Å². The smallest absolute Gasteiger partial charge is 0.353 e. The summed E-state index contributed by atoms with van der Waals surface area (Å²) in [5.74, 6) is -1.05. The van der Waals surface area contributed by atoms with Crippen molar-refractivity contribution >= 4 is 34.9 Å². The minimum atomic E-state index is -0.702. The predicted octanol–water partition coefficient (Wildman–Crippen LogP) is 2.91. The van der Waals surface area contributed by atoms with Gasteiger partial charge in [0.2, 0.25) is 11.6 Å². The normalized spacial score (nSPS) is 10.3. The zero-order valence-electron chi connectivity index (χ0n) is 16.4. The van der Waals surface area contributed by atoms with Crippen LogP contribution >= 0.6 is 0 Å². The molecular weight excluding hydrogens is 410 g/mol. The van der Waals surface area contributed by atoms with Crippen LogP contribution in [-0.2, 0) is 16.0 Å². The molecule has 0 unspecified atom stereocenters. The van der Waals surface area contributed by atoms with Crippen LogP contribution in [0.3, 0.4) is 0 Å². The number of hydrogen-bond donors (Lipinski definition) is 2. The minimum Gasteiger partial charge on any atom is -0.467 e. The van der Waals surface area contributed by atoms with Crippen molar-refractivity contribution in [2.24, 2.45) is 0 Å². The lowest BCUT2D eigenvalue weighted by atomic mass is 10.1. The molecule has 12 heteroatoms. The Kier molecular flexibility index (Phi) is 6.40. The summed E-state index contributed by atoms with van der Waals surface area (Å²) in [5, 5.41) is 17.3. The van der Waals surface area contributed by atoms with Crippen LogP contribution in [0, 0.1) is 10.1 Å². The van der Waals surface area contributed by atoms with Crippen LogP contribution in [0.5, 0.6) is 0 Å². The summed E-state index contributed by atoms with van der Waals surface area (Å²) in [4.78, 5) is 42.8. The standard InChI is InChI=1S/C19H17N5O7/c1-29-18(25)11-6-12(19(26)30-2)8-13(7-11)23-17-15(24(27)28)16(21-10-22-17)20-9-14-4-3-5-31-14/h3-8,10H,9H2,1-2H3,(H2,20,21,22,23). The minimum absolute atomic E-state index is 0.0424. The maximum Gasteiger partial charge on any atom is 0.353 e. The van der Waals surface area contributed by atoms with Crippen molar-refractivity contribution < 1.29 is 28.4 Å². The number of rotatable bonds is 8. The molecule has 2 aromatic heterocycles. The van der Waals surface area contributed by atoms with Crippen molar-refractivity contribution in [3.05, 3.63) is 69.9 Å². The summed E-state index contributed by atoms with van der Waals surface area (Å²) in [5.41, 5.74) is -0.166. The number of benzene rings is 1. The number of ether oxygens (including phenoxy) is 2. The average molecular weight is 427 g/mol. The second-order valence-electron chi connectivity index (χ2n) is 6.02. The van der Waals surface area contributed by atoms with Gasteiger partial charge in [-0.25, -0.2) is 19.6 Å². The fourth-order valence-electron chi connectivity index (χ4n) is 2.66. The highest BCUT2D eigenvalue weighted by Gasteiger charge is 2.24. The van der Waals surface area contributed by atoms with Crippen molar-refractivity contribution in [1.29, 1.82) is 0 Å². The van der Waals surface area contributed by atoms with E-state index in [9.17, 15) is 19.7 Å². The van der Waals surface area contributed by atoms with Gasteiger partial charge in [0, 0.05) is 5.69 Å². The third kappa shape index (κ3) is 4.93. The molecule has 160 valence electrons. The number of nitrogens with one attached hydrogen (secondary N) is 2. The molecule has 0 bridgehead atoms. The lowest BCUT2D eigenvalue weighted by Gasteiger charge is -2.11. The number of carbonyl (C=O) groups excluding carboxylic acids is 2. The third-order valence-corrected chi connectivity index (χ3v) is 4.05. The van der Waals surface area contributed by atoms with E-state index in [1.165, 1.54) is 38.7 Å². The molecule has 0 saturated heterocycles. The lowest BCUT2D eigenvalue weighted by Crippen LogP contribution is -2.10. The molecule has 0 saturated carbocycles. The number of furan rings is 1. The number of esters is 2. The molecule has 0 radical (unpaired) electrons.